The maximum atomic E-state index is 14.0. The van der Waals surface area contributed by atoms with E-state index in [1.165, 1.54) is 28.5 Å². The molecule has 0 aliphatic rings. The van der Waals surface area contributed by atoms with E-state index < -0.39 is 5.82 Å². The molecule has 4 aromatic rings. The van der Waals surface area contributed by atoms with Gasteiger partial charge in [0.2, 0.25) is 0 Å². The van der Waals surface area contributed by atoms with Crippen LogP contribution in [0.1, 0.15) is 18.9 Å². The van der Waals surface area contributed by atoms with E-state index in [9.17, 15) is 9.18 Å². The molecule has 0 atom stereocenters. The number of rotatable bonds is 8. The molecule has 2 heterocycles. The lowest BCUT2D eigenvalue weighted by molar-refractivity contribution is 0.415. The highest BCUT2D eigenvalue weighted by Gasteiger charge is 2.20. The lowest BCUT2D eigenvalue weighted by Crippen LogP contribution is -2.18. The number of H-pyrrole nitrogens is 1. The molecular formula is C23H23ClFN5O2S. The minimum atomic E-state index is -0.532. The first kappa shape index (κ1) is 23.1. The molecule has 2 aromatic carbocycles. The highest BCUT2D eigenvalue weighted by molar-refractivity contribution is 7.99. The molecule has 7 nitrogen and oxygen atoms in total. The summed E-state index contributed by atoms with van der Waals surface area (Å²) < 4.78 is 20.7. The minimum Gasteiger partial charge on any atom is -0.497 e. The molecule has 172 valence electrons. The Morgan fingerprint density at radius 1 is 1.21 bits per heavy atom. The number of nitrogens with zero attached hydrogens (tertiary/aromatic N) is 4. The normalized spacial score (nSPS) is 11.2. The Balaban J connectivity index is 1.82. The van der Waals surface area contributed by atoms with Gasteiger partial charge in [0.05, 0.1) is 18.7 Å². The second kappa shape index (κ2) is 9.84. The van der Waals surface area contributed by atoms with Gasteiger partial charge in [-0.15, -0.1) is 0 Å². The molecule has 0 spiro atoms. The van der Waals surface area contributed by atoms with Crippen LogP contribution in [0.15, 0.2) is 52.4 Å². The number of halogens is 2. The molecule has 0 bridgehead atoms. The Morgan fingerprint density at radius 3 is 2.64 bits per heavy atom. The predicted octanol–water partition coefficient (Wildman–Crippen LogP) is 5.24. The van der Waals surface area contributed by atoms with E-state index in [-0.39, 0.29) is 17.3 Å². The number of benzene rings is 2. The number of aromatic nitrogens is 4. The zero-order chi connectivity index (χ0) is 23.5. The van der Waals surface area contributed by atoms with Crippen LogP contribution in [0.3, 0.4) is 0 Å². The summed E-state index contributed by atoms with van der Waals surface area (Å²) >= 11 is 7.33. The van der Waals surface area contributed by atoms with Gasteiger partial charge < -0.3 is 14.6 Å². The van der Waals surface area contributed by atoms with Crippen molar-refractivity contribution in [1.29, 1.82) is 0 Å². The number of imidazole rings is 1. The summed E-state index contributed by atoms with van der Waals surface area (Å²) in [4.78, 5) is 27.0. The molecule has 0 fully saturated rings. The number of fused-ring (bicyclic) bond motifs is 1. The van der Waals surface area contributed by atoms with Gasteiger partial charge in [0, 0.05) is 18.5 Å². The summed E-state index contributed by atoms with van der Waals surface area (Å²) in [5, 5.41) is 0.601. The first-order chi connectivity index (χ1) is 15.9. The van der Waals surface area contributed by atoms with Gasteiger partial charge in [0.15, 0.2) is 16.6 Å². The second-order valence-electron chi connectivity index (χ2n) is 7.40. The highest BCUT2D eigenvalue weighted by atomic mass is 35.5. The lowest BCUT2D eigenvalue weighted by Gasteiger charge is -2.20. The smallest absolute Gasteiger partial charge is 0.328 e. The molecule has 0 aliphatic heterocycles. The summed E-state index contributed by atoms with van der Waals surface area (Å²) in [5.74, 6) is 1.63. The van der Waals surface area contributed by atoms with Crippen molar-refractivity contribution in [1.82, 2.24) is 19.5 Å². The first-order valence-electron chi connectivity index (χ1n) is 10.4. The van der Waals surface area contributed by atoms with Crippen LogP contribution in [0.5, 0.6) is 5.75 Å². The minimum absolute atomic E-state index is 0.0361. The van der Waals surface area contributed by atoms with Gasteiger partial charge in [-0.05, 0) is 48.4 Å². The average Bonchev–Trinajstić information content (AvgIpc) is 3.14. The molecule has 0 amide bonds. The number of aromatic amines is 1. The summed E-state index contributed by atoms with van der Waals surface area (Å²) in [7, 11) is 3.49. The van der Waals surface area contributed by atoms with E-state index >= 15 is 0 Å². The molecule has 0 radical (unpaired) electrons. The van der Waals surface area contributed by atoms with Crippen LogP contribution in [0.2, 0.25) is 5.02 Å². The maximum absolute atomic E-state index is 14.0. The zero-order valence-electron chi connectivity index (χ0n) is 18.4. The quantitative estimate of drug-likeness (QED) is 0.270. The average molecular weight is 488 g/mol. The predicted molar refractivity (Wildman–Crippen MR) is 131 cm³/mol. The van der Waals surface area contributed by atoms with Gasteiger partial charge in [-0.2, -0.15) is 0 Å². The van der Waals surface area contributed by atoms with E-state index in [0.717, 1.165) is 23.6 Å². The van der Waals surface area contributed by atoms with Crippen molar-refractivity contribution < 1.29 is 9.13 Å². The number of ether oxygens (including phenoxy) is 1. The molecule has 4 rings (SSSR count). The van der Waals surface area contributed by atoms with E-state index in [4.69, 9.17) is 21.3 Å². The fourth-order valence-electron chi connectivity index (χ4n) is 3.39. The van der Waals surface area contributed by atoms with Gasteiger partial charge in [-0.1, -0.05) is 36.4 Å². The van der Waals surface area contributed by atoms with Gasteiger partial charge in [-0.3, -0.25) is 4.57 Å². The molecule has 33 heavy (non-hydrogen) atoms. The lowest BCUT2D eigenvalue weighted by atomic mass is 10.2. The van der Waals surface area contributed by atoms with Gasteiger partial charge in [-0.25, -0.2) is 19.2 Å². The van der Waals surface area contributed by atoms with Crippen LogP contribution in [-0.4, -0.2) is 39.4 Å². The summed E-state index contributed by atoms with van der Waals surface area (Å²) in [5.41, 5.74) is 2.09. The maximum Gasteiger partial charge on any atom is 0.328 e. The SMILES string of the molecule is CCCSc1nc(N(C)c2ccc(OC)cc2)c2[nH]c(=O)n(Cc3ccc(Cl)c(F)c3)c2n1. The van der Waals surface area contributed by atoms with Crippen molar-refractivity contribution in [2.24, 2.45) is 0 Å². The highest BCUT2D eigenvalue weighted by Crippen LogP contribution is 2.31. The number of thioether (sulfide) groups is 1. The Hall–Kier alpha value is -3.04. The molecule has 1 N–H and O–H groups in total. The van der Waals surface area contributed by atoms with Crippen LogP contribution in [0.25, 0.3) is 11.2 Å². The van der Waals surface area contributed by atoms with E-state index in [1.54, 1.807) is 13.2 Å². The monoisotopic (exact) mass is 487 g/mol. The Kier molecular flexibility index (Phi) is 6.90. The number of nitrogens with one attached hydrogen (secondary N) is 1. The molecule has 0 aliphatic carbocycles. The number of hydrogen-bond acceptors (Lipinski definition) is 6. The van der Waals surface area contributed by atoms with Crippen LogP contribution in [0.4, 0.5) is 15.9 Å². The summed E-state index contributed by atoms with van der Waals surface area (Å²) in [6.07, 6.45) is 0.958. The van der Waals surface area contributed by atoms with Gasteiger partial charge >= 0.3 is 5.69 Å². The molecule has 2 aromatic heterocycles. The van der Waals surface area contributed by atoms with Crippen molar-refractivity contribution in [3.8, 4) is 5.75 Å². The van der Waals surface area contributed by atoms with Crippen LogP contribution >= 0.6 is 23.4 Å². The van der Waals surface area contributed by atoms with Crippen LogP contribution in [-0.2, 0) is 6.54 Å². The molecule has 0 saturated heterocycles. The summed E-state index contributed by atoms with van der Waals surface area (Å²) in [6, 6.07) is 12.0. The third-order valence-corrected chi connectivity index (χ3v) is 6.48. The first-order valence-corrected chi connectivity index (χ1v) is 11.7. The fourth-order valence-corrected chi connectivity index (χ4v) is 4.20. The standard InChI is InChI=1S/C23H23ClFN5O2S/c1-4-11-33-22-27-20(29(2)15-6-8-16(32-3)9-7-15)19-21(28-22)30(23(31)26-19)13-14-5-10-17(24)18(25)12-14/h5-10,12H,4,11,13H2,1-3H3,(H,26,31). The Labute approximate surface area is 199 Å². The van der Waals surface area contributed by atoms with Gasteiger partial charge in [0.25, 0.3) is 0 Å². The summed E-state index contributed by atoms with van der Waals surface area (Å²) in [6.45, 7) is 2.23. The van der Waals surface area contributed by atoms with Crippen molar-refractivity contribution in [3.05, 3.63) is 69.4 Å². The zero-order valence-corrected chi connectivity index (χ0v) is 20.0. The molecule has 10 heteroatoms. The van der Waals surface area contributed by atoms with Crippen molar-refractivity contribution in [2.45, 2.75) is 25.0 Å². The van der Waals surface area contributed by atoms with Crippen molar-refractivity contribution >= 4 is 46.0 Å². The number of hydrogen-bond donors (Lipinski definition) is 1. The Bertz CT molecular complexity index is 1340. The van der Waals surface area contributed by atoms with Crippen LogP contribution in [0, 0.1) is 5.82 Å². The van der Waals surface area contributed by atoms with Gasteiger partial charge in [0.1, 0.15) is 17.1 Å². The number of methoxy groups -OCH3 is 1. The van der Waals surface area contributed by atoms with E-state index in [1.807, 2.05) is 36.2 Å². The third-order valence-electron chi connectivity index (χ3n) is 5.12. The van der Waals surface area contributed by atoms with Crippen molar-refractivity contribution in [2.75, 3.05) is 24.8 Å². The largest absolute Gasteiger partial charge is 0.497 e. The topological polar surface area (TPSA) is 76.0 Å². The number of anilines is 2. The molecular weight excluding hydrogens is 465 g/mol. The van der Waals surface area contributed by atoms with E-state index in [0.29, 0.717) is 27.7 Å². The third kappa shape index (κ3) is 4.84. The fraction of sp³-hybridized carbons (Fsp3) is 0.261. The Morgan fingerprint density at radius 2 is 1.97 bits per heavy atom. The molecule has 0 unspecified atom stereocenters. The van der Waals surface area contributed by atoms with Crippen molar-refractivity contribution in [3.63, 3.8) is 0 Å². The second-order valence-corrected chi connectivity index (χ2v) is 8.87. The van der Waals surface area contributed by atoms with Crippen LogP contribution < -0.4 is 15.3 Å². The van der Waals surface area contributed by atoms with E-state index in [2.05, 4.69) is 16.9 Å². The molecule has 0 saturated carbocycles.